The van der Waals surface area contributed by atoms with Gasteiger partial charge in [0.2, 0.25) is 0 Å². The zero-order valence-electron chi connectivity index (χ0n) is 12.8. The molecule has 3 nitrogen and oxygen atoms in total. The minimum Gasteiger partial charge on any atom is -0.396 e. The van der Waals surface area contributed by atoms with Gasteiger partial charge < -0.3 is 15.3 Å². The molecule has 0 saturated heterocycles. The first-order valence-corrected chi connectivity index (χ1v) is 7.97. The maximum absolute atomic E-state index is 9.16. The molecular weight excluding hydrogens is 248 g/mol. The van der Waals surface area contributed by atoms with E-state index in [9.17, 15) is 0 Å². The maximum Gasteiger partial charge on any atom is 0.0447 e. The van der Waals surface area contributed by atoms with Crippen LogP contribution < -0.4 is 10.2 Å². The Hall–Kier alpha value is -1.06. The molecule has 0 bridgehead atoms. The van der Waals surface area contributed by atoms with Gasteiger partial charge in [0.05, 0.1) is 0 Å². The van der Waals surface area contributed by atoms with Crippen molar-refractivity contribution in [2.75, 3.05) is 24.6 Å². The van der Waals surface area contributed by atoms with E-state index in [-0.39, 0.29) is 6.61 Å². The van der Waals surface area contributed by atoms with Crippen LogP contribution in [0.15, 0.2) is 24.3 Å². The predicted octanol–water partition coefficient (Wildman–Crippen LogP) is 3.10. The van der Waals surface area contributed by atoms with E-state index in [1.54, 1.807) is 0 Å². The molecule has 0 amide bonds. The molecule has 1 unspecified atom stereocenters. The van der Waals surface area contributed by atoms with Gasteiger partial charge in [0.15, 0.2) is 0 Å². The molecule has 20 heavy (non-hydrogen) atoms. The summed E-state index contributed by atoms with van der Waals surface area (Å²) in [6, 6.07) is 9.75. The lowest BCUT2D eigenvalue weighted by molar-refractivity contribution is 0.283. The molecule has 0 aromatic heterocycles. The first-order chi connectivity index (χ1) is 9.77. The number of para-hydroxylation sites is 1. The molecule has 3 heteroatoms. The number of rotatable bonds is 8. The van der Waals surface area contributed by atoms with Gasteiger partial charge in [-0.05, 0) is 50.8 Å². The van der Waals surface area contributed by atoms with Crippen molar-refractivity contribution in [3.05, 3.63) is 29.8 Å². The lowest BCUT2D eigenvalue weighted by Crippen LogP contribution is -2.42. The van der Waals surface area contributed by atoms with Gasteiger partial charge in [-0.1, -0.05) is 25.1 Å². The van der Waals surface area contributed by atoms with Gasteiger partial charge in [-0.2, -0.15) is 0 Å². The second-order valence-electron chi connectivity index (χ2n) is 5.69. The van der Waals surface area contributed by atoms with Crippen LogP contribution in [0.3, 0.4) is 0 Å². The highest BCUT2D eigenvalue weighted by Crippen LogP contribution is 2.34. The fraction of sp³-hybridized carbons (Fsp3) is 0.647. The normalized spacial score (nSPS) is 16.8. The van der Waals surface area contributed by atoms with Crippen molar-refractivity contribution in [2.45, 2.75) is 51.6 Å². The van der Waals surface area contributed by atoms with Crippen molar-refractivity contribution in [3.63, 3.8) is 0 Å². The van der Waals surface area contributed by atoms with Gasteiger partial charge in [-0.3, -0.25) is 0 Å². The van der Waals surface area contributed by atoms with Crippen LogP contribution in [0.1, 0.15) is 51.1 Å². The smallest absolute Gasteiger partial charge is 0.0447 e. The molecular formula is C17H28N2O. The van der Waals surface area contributed by atoms with Crippen LogP contribution in [0.5, 0.6) is 0 Å². The zero-order chi connectivity index (χ0) is 14.4. The summed E-state index contributed by atoms with van der Waals surface area (Å²) in [5.74, 6) is 0. The van der Waals surface area contributed by atoms with E-state index >= 15 is 0 Å². The van der Waals surface area contributed by atoms with Crippen LogP contribution in [0.25, 0.3) is 0 Å². The molecule has 1 aliphatic carbocycles. The number of benzene rings is 1. The Bertz CT molecular complexity index is 404. The number of hydrogen-bond acceptors (Lipinski definition) is 3. The largest absolute Gasteiger partial charge is 0.396 e. The van der Waals surface area contributed by atoms with Crippen LogP contribution >= 0.6 is 0 Å². The first-order valence-electron chi connectivity index (χ1n) is 7.97. The molecule has 1 saturated carbocycles. The Kier molecular flexibility index (Phi) is 5.86. The van der Waals surface area contributed by atoms with E-state index in [0.29, 0.717) is 12.1 Å². The van der Waals surface area contributed by atoms with Crippen LogP contribution in [0.4, 0.5) is 5.69 Å². The van der Waals surface area contributed by atoms with Crippen molar-refractivity contribution in [1.82, 2.24) is 5.32 Å². The Labute approximate surface area is 123 Å². The fourth-order valence-electron chi connectivity index (χ4n) is 2.97. The van der Waals surface area contributed by atoms with Crippen molar-refractivity contribution >= 4 is 5.69 Å². The number of nitrogens with zero attached hydrogens (tertiary/aromatic N) is 1. The molecule has 0 radical (unpaired) electrons. The van der Waals surface area contributed by atoms with Gasteiger partial charge in [-0.25, -0.2) is 0 Å². The molecule has 112 valence electrons. The average molecular weight is 276 g/mol. The van der Waals surface area contributed by atoms with Crippen molar-refractivity contribution in [1.29, 1.82) is 0 Å². The molecule has 1 atom stereocenters. The topological polar surface area (TPSA) is 35.5 Å². The van der Waals surface area contributed by atoms with E-state index in [0.717, 1.165) is 19.5 Å². The van der Waals surface area contributed by atoms with Crippen molar-refractivity contribution in [2.24, 2.45) is 0 Å². The average Bonchev–Trinajstić information content (AvgIpc) is 2.41. The third-order valence-electron chi connectivity index (χ3n) is 4.30. The molecule has 0 heterocycles. The number of hydrogen-bond donors (Lipinski definition) is 2. The number of aliphatic hydroxyl groups excluding tert-OH is 1. The quantitative estimate of drug-likeness (QED) is 0.766. The van der Waals surface area contributed by atoms with Crippen molar-refractivity contribution < 1.29 is 5.11 Å². The summed E-state index contributed by atoms with van der Waals surface area (Å²) in [6.45, 7) is 6.59. The summed E-state index contributed by atoms with van der Waals surface area (Å²) in [4.78, 5) is 2.52. The van der Waals surface area contributed by atoms with Gasteiger partial charge >= 0.3 is 0 Å². The van der Waals surface area contributed by atoms with E-state index in [4.69, 9.17) is 5.11 Å². The van der Waals surface area contributed by atoms with Gasteiger partial charge in [0, 0.05) is 30.9 Å². The lowest BCUT2D eigenvalue weighted by atomic mass is 9.90. The summed E-state index contributed by atoms with van der Waals surface area (Å²) in [5, 5.41) is 12.7. The molecule has 2 N–H and O–H groups in total. The third-order valence-corrected chi connectivity index (χ3v) is 4.30. The molecule has 2 rings (SSSR count). The summed E-state index contributed by atoms with van der Waals surface area (Å²) in [6.07, 6.45) is 4.76. The monoisotopic (exact) mass is 276 g/mol. The molecule has 1 aliphatic rings. The molecule has 1 aromatic carbocycles. The van der Waals surface area contributed by atoms with E-state index < -0.39 is 0 Å². The predicted molar refractivity (Wildman–Crippen MR) is 85.2 cm³/mol. The SMILES string of the molecule is CCNC(C)c1ccccc1N(CCCO)C1CCC1. The first kappa shape index (κ1) is 15.3. The molecule has 0 aliphatic heterocycles. The molecule has 0 spiro atoms. The van der Waals surface area contributed by atoms with E-state index in [1.807, 2.05) is 0 Å². The molecule has 1 aromatic rings. The Morgan fingerprint density at radius 1 is 1.35 bits per heavy atom. The third kappa shape index (κ3) is 3.53. The van der Waals surface area contributed by atoms with Crippen LogP contribution in [-0.4, -0.2) is 30.8 Å². The van der Waals surface area contributed by atoms with Crippen molar-refractivity contribution in [3.8, 4) is 0 Å². The number of anilines is 1. The second-order valence-corrected chi connectivity index (χ2v) is 5.69. The highest BCUT2D eigenvalue weighted by molar-refractivity contribution is 5.56. The van der Waals surface area contributed by atoms with Crippen LogP contribution in [0.2, 0.25) is 0 Å². The fourth-order valence-corrected chi connectivity index (χ4v) is 2.97. The van der Waals surface area contributed by atoms with Gasteiger partial charge in [0.25, 0.3) is 0 Å². The number of aliphatic hydroxyl groups is 1. The zero-order valence-corrected chi connectivity index (χ0v) is 12.8. The standard InChI is InChI=1S/C17H28N2O/c1-3-18-14(2)16-10-4-5-11-17(16)19(12-7-13-20)15-8-6-9-15/h4-5,10-11,14-15,18,20H,3,6-9,12-13H2,1-2H3. The Balaban J connectivity index is 2.22. The summed E-state index contributed by atoms with van der Waals surface area (Å²) < 4.78 is 0. The lowest BCUT2D eigenvalue weighted by Gasteiger charge is -2.41. The highest BCUT2D eigenvalue weighted by atomic mass is 16.3. The van der Waals surface area contributed by atoms with Gasteiger partial charge in [0.1, 0.15) is 0 Å². The summed E-state index contributed by atoms with van der Waals surface area (Å²) >= 11 is 0. The minimum atomic E-state index is 0.272. The van der Waals surface area contributed by atoms with Gasteiger partial charge in [-0.15, -0.1) is 0 Å². The highest BCUT2D eigenvalue weighted by Gasteiger charge is 2.26. The Morgan fingerprint density at radius 2 is 2.10 bits per heavy atom. The van der Waals surface area contributed by atoms with Crippen LogP contribution in [-0.2, 0) is 0 Å². The molecule has 1 fully saturated rings. The number of nitrogens with one attached hydrogen (secondary N) is 1. The second kappa shape index (κ2) is 7.65. The minimum absolute atomic E-state index is 0.272. The van der Waals surface area contributed by atoms with E-state index in [1.165, 1.54) is 30.5 Å². The summed E-state index contributed by atoms with van der Waals surface area (Å²) in [7, 11) is 0. The summed E-state index contributed by atoms with van der Waals surface area (Å²) in [5.41, 5.74) is 2.72. The van der Waals surface area contributed by atoms with E-state index in [2.05, 4.69) is 48.3 Å². The van der Waals surface area contributed by atoms with Crippen LogP contribution in [0, 0.1) is 0 Å². The maximum atomic E-state index is 9.16. The Morgan fingerprint density at radius 3 is 2.70 bits per heavy atom.